The molecule has 0 radical (unpaired) electrons. The predicted octanol–water partition coefficient (Wildman–Crippen LogP) is 7.41. The largest absolute Gasteiger partial charge is 0.488 e. The molecule has 5 heteroatoms. The summed E-state index contributed by atoms with van der Waals surface area (Å²) in [6.07, 6.45) is 0. The van der Waals surface area contributed by atoms with E-state index in [4.69, 9.17) is 9.47 Å². The molecule has 2 N–H and O–H groups in total. The molecule has 198 valence electrons. The van der Waals surface area contributed by atoms with E-state index in [0.717, 1.165) is 38.9 Å². The van der Waals surface area contributed by atoms with Gasteiger partial charge >= 0.3 is 6.03 Å². The number of fused-ring (bicyclic) bond motifs is 3. The molecule has 1 aliphatic rings. The van der Waals surface area contributed by atoms with Crippen LogP contribution in [0.4, 0.5) is 4.79 Å². The Hall–Kier alpha value is -5.03. The molecule has 0 spiro atoms. The highest BCUT2D eigenvalue weighted by Crippen LogP contribution is 2.43. The topological polar surface area (TPSA) is 59.6 Å². The molecule has 5 nitrogen and oxygen atoms in total. The van der Waals surface area contributed by atoms with Crippen LogP contribution in [0.25, 0.3) is 11.1 Å². The summed E-state index contributed by atoms with van der Waals surface area (Å²) in [5, 5.41) is 6.24. The number of benzene rings is 5. The lowest BCUT2D eigenvalue weighted by molar-refractivity contribution is 0.237. The van der Waals surface area contributed by atoms with E-state index in [1.54, 1.807) is 0 Å². The Bertz CT molecular complexity index is 1490. The minimum Gasteiger partial charge on any atom is -0.488 e. The SMILES string of the molecule is O=C(NCc1c(OCc2ccccc2)cccc1OCc1ccccc1)NC1c2ccccc2-c2ccccc21. The first-order valence-corrected chi connectivity index (χ1v) is 13.4. The molecule has 1 aliphatic carbocycles. The molecule has 0 aromatic heterocycles. The predicted molar refractivity (Wildman–Crippen MR) is 157 cm³/mol. The highest BCUT2D eigenvalue weighted by atomic mass is 16.5. The van der Waals surface area contributed by atoms with Gasteiger partial charge in [-0.15, -0.1) is 0 Å². The molecule has 0 atom stereocenters. The number of amides is 2. The highest BCUT2D eigenvalue weighted by molar-refractivity contribution is 5.82. The minimum atomic E-state index is -0.261. The van der Waals surface area contributed by atoms with Crippen LogP contribution in [0.1, 0.15) is 33.9 Å². The molecule has 5 aromatic carbocycles. The summed E-state index contributed by atoms with van der Waals surface area (Å²) >= 11 is 0. The number of hydrogen-bond donors (Lipinski definition) is 2. The number of hydrogen-bond acceptors (Lipinski definition) is 3. The fourth-order valence-corrected chi connectivity index (χ4v) is 5.12. The summed E-state index contributed by atoms with van der Waals surface area (Å²) < 4.78 is 12.4. The highest BCUT2D eigenvalue weighted by Gasteiger charge is 2.29. The molecular formula is C35H30N2O3. The van der Waals surface area contributed by atoms with Crippen LogP contribution in [0.5, 0.6) is 11.5 Å². The van der Waals surface area contributed by atoms with Crippen molar-refractivity contribution in [2.75, 3.05) is 0 Å². The number of rotatable bonds is 9. The zero-order valence-corrected chi connectivity index (χ0v) is 22.0. The second-order valence-electron chi connectivity index (χ2n) is 9.72. The summed E-state index contributed by atoms with van der Waals surface area (Å²) in [5.74, 6) is 1.34. The Morgan fingerprint density at radius 3 is 1.57 bits per heavy atom. The smallest absolute Gasteiger partial charge is 0.315 e. The first-order chi connectivity index (χ1) is 19.8. The van der Waals surface area contributed by atoms with Crippen molar-refractivity contribution in [2.24, 2.45) is 0 Å². The average Bonchev–Trinajstić information content (AvgIpc) is 3.32. The van der Waals surface area contributed by atoms with Crippen LogP contribution in [-0.4, -0.2) is 6.03 Å². The Balaban J connectivity index is 1.20. The van der Waals surface area contributed by atoms with Crippen molar-refractivity contribution in [3.63, 3.8) is 0 Å². The van der Waals surface area contributed by atoms with Gasteiger partial charge in [-0.1, -0.05) is 115 Å². The summed E-state index contributed by atoms with van der Waals surface area (Å²) in [4.78, 5) is 13.3. The van der Waals surface area contributed by atoms with E-state index in [2.05, 4.69) is 34.9 Å². The lowest BCUT2D eigenvalue weighted by Gasteiger charge is -2.19. The number of ether oxygens (including phenoxy) is 2. The molecule has 2 amide bonds. The van der Waals surface area contributed by atoms with Crippen molar-refractivity contribution in [3.8, 4) is 22.6 Å². The van der Waals surface area contributed by atoms with Crippen LogP contribution in [0.15, 0.2) is 127 Å². The maximum absolute atomic E-state index is 13.3. The maximum atomic E-state index is 13.3. The van der Waals surface area contributed by atoms with Crippen molar-refractivity contribution in [1.82, 2.24) is 10.6 Å². The van der Waals surface area contributed by atoms with Gasteiger partial charge in [-0.25, -0.2) is 4.79 Å². The van der Waals surface area contributed by atoms with E-state index in [-0.39, 0.29) is 18.6 Å². The molecule has 0 saturated heterocycles. The van der Waals surface area contributed by atoms with Crippen LogP contribution in [-0.2, 0) is 19.8 Å². The third-order valence-electron chi connectivity index (χ3n) is 7.10. The zero-order valence-electron chi connectivity index (χ0n) is 22.0. The normalized spacial score (nSPS) is 11.8. The number of nitrogens with one attached hydrogen (secondary N) is 2. The maximum Gasteiger partial charge on any atom is 0.315 e. The summed E-state index contributed by atoms with van der Waals surface area (Å²) in [6, 6.07) is 41.7. The van der Waals surface area contributed by atoms with Crippen molar-refractivity contribution in [2.45, 2.75) is 25.8 Å². The summed E-state index contributed by atoms with van der Waals surface area (Å²) in [5.41, 5.74) is 7.41. The van der Waals surface area contributed by atoms with Gasteiger partial charge in [0.15, 0.2) is 0 Å². The summed E-state index contributed by atoms with van der Waals surface area (Å²) in [6.45, 7) is 1.08. The lowest BCUT2D eigenvalue weighted by Crippen LogP contribution is -2.37. The number of carbonyl (C=O) groups excluding carboxylic acids is 1. The van der Waals surface area contributed by atoms with E-state index in [0.29, 0.717) is 24.7 Å². The van der Waals surface area contributed by atoms with Crippen molar-refractivity contribution < 1.29 is 14.3 Å². The first-order valence-electron chi connectivity index (χ1n) is 13.4. The van der Waals surface area contributed by atoms with Gasteiger partial charge in [-0.2, -0.15) is 0 Å². The standard InChI is InChI=1S/C35H30N2O3/c38-35(37-34-29-18-9-7-16-27(29)28-17-8-10-19-30(28)34)36-22-31-32(39-23-25-12-3-1-4-13-25)20-11-21-33(31)40-24-26-14-5-2-6-15-26/h1-21,34H,22-24H2,(H2,36,37,38). The Labute approximate surface area is 234 Å². The van der Waals surface area contributed by atoms with Crippen molar-refractivity contribution in [1.29, 1.82) is 0 Å². The van der Waals surface area contributed by atoms with Gasteiger partial charge in [0.2, 0.25) is 0 Å². The van der Waals surface area contributed by atoms with Crippen molar-refractivity contribution >= 4 is 6.03 Å². The second-order valence-corrected chi connectivity index (χ2v) is 9.72. The van der Waals surface area contributed by atoms with Gasteiger partial charge < -0.3 is 20.1 Å². The first kappa shape index (κ1) is 25.3. The minimum absolute atomic E-state index is 0.217. The molecule has 6 rings (SSSR count). The van der Waals surface area contributed by atoms with Gasteiger partial charge in [0, 0.05) is 0 Å². The Kier molecular flexibility index (Phi) is 7.44. The number of urea groups is 1. The molecule has 0 unspecified atom stereocenters. The van der Waals surface area contributed by atoms with Gasteiger partial charge in [0.25, 0.3) is 0 Å². The Morgan fingerprint density at radius 1 is 0.575 bits per heavy atom. The van der Waals surface area contributed by atoms with E-state index in [1.807, 2.05) is 103 Å². The fraction of sp³-hybridized carbons (Fsp3) is 0.114. The molecule has 0 heterocycles. The van der Waals surface area contributed by atoms with Gasteiger partial charge in [0.05, 0.1) is 18.2 Å². The molecule has 5 aromatic rings. The van der Waals surface area contributed by atoms with Gasteiger partial charge in [-0.3, -0.25) is 0 Å². The molecule has 0 saturated carbocycles. The van der Waals surface area contributed by atoms with Crippen LogP contribution >= 0.6 is 0 Å². The third kappa shape index (κ3) is 5.54. The number of carbonyl (C=O) groups is 1. The zero-order chi connectivity index (χ0) is 27.1. The quantitative estimate of drug-likeness (QED) is 0.210. The molecule has 0 bridgehead atoms. The van der Waals surface area contributed by atoms with E-state index < -0.39 is 0 Å². The van der Waals surface area contributed by atoms with Gasteiger partial charge in [0.1, 0.15) is 24.7 Å². The van der Waals surface area contributed by atoms with E-state index in [9.17, 15) is 4.79 Å². The Morgan fingerprint density at radius 2 is 1.05 bits per heavy atom. The van der Waals surface area contributed by atoms with Crippen LogP contribution in [0.3, 0.4) is 0 Å². The fourth-order valence-electron chi connectivity index (χ4n) is 5.12. The average molecular weight is 527 g/mol. The molecule has 0 fully saturated rings. The van der Waals surface area contributed by atoms with Crippen LogP contribution < -0.4 is 20.1 Å². The van der Waals surface area contributed by atoms with Crippen molar-refractivity contribution in [3.05, 3.63) is 155 Å². The second kappa shape index (κ2) is 11.8. The van der Waals surface area contributed by atoms with Gasteiger partial charge in [-0.05, 0) is 45.5 Å². The lowest BCUT2D eigenvalue weighted by atomic mass is 10.1. The summed E-state index contributed by atoms with van der Waals surface area (Å²) in [7, 11) is 0. The van der Waals surface area contributed by atoms with E-state index in [1.165, 1.54) is 0 Å². The molecule has 40 heavy (non-hydrogen) atoms. The van der Waals surface area contributed by atoms with Crippen LogP contribution in [0.2, 0.25) is 0 Å². The molecular weight excluding hydrogens is 496 g/mol. The third-order valence-corrected chi connectivity index (χ3v) is 7.10. The monoisotopic (exact) mass is 526 g/mol. The van der Waals surface area contributed by atoms with E-state index >= 15 is 0 Å². The molecule has 0 aliphatic heterocycles. The van der Waals surface area contributed by atoms with Crippen LogP contribution in [0, 0.1) is 0 Å².